The number of rotatable bonds is 6. The van der Waals surface area contributed by atoms with Crippen LogP contribution in [-0.2, 0) is 14.8 Å². The lowest BCUT2D eigenvalue weighted by Gasteiger charge is -2.06. The molecule has 0 aliphatic carbocycles. The number of hydrogen-bond donors (Lipinski definition) is 2. The largest absolute Gasteiger partial charge is 0.497 e. The summed E-state index contributed by atoms with van der Waals surface area (Å²) in [4.78, 5) is 11.3. The maximum atomic E-state index is 12.2. The van der Waals surface area contributed by atoms with Crippen molar-refractivity contribution in [1.82, 2.24) is 10.2 Å². The molecule has 2 N–H and O–H groups in total. The first kappa shape index (κ1) is 16.2. The van der Waals surface area contributed by atoms with Gasteiger partial charge < -0.3 is 10.1 Å². The van der Waals surface area contributed by atoms with Gasteiger partial charge >= 0.3 is 0 Å². The number of sulfonamides is 1. The first-order chi connectivity index (χ1) is 10.4. The van der Waals surface area contributed by atoms with E-state index in [0.29, 0.717) is 11.4 Å². The zero-order valence-corrected chi connectivity index (χ0v) is 13.5. The normalized spacial score (nSPS) is 11.0. The molecule has 0 atom stereocenters. The van der Waals surface area contributed by atoms with Crippen molar-refractivity contribution in [2.24, 2.45) is 0 Å². The quantitative estimate of drug-likeness (QED) is 0.773. The van der Waals surface area contributed by atoms with Gasteiger partial charge in [-0.15, -0.1) is 10.2 Å². The Morgan fingerprint density at radius 3 is 2.82 bits per heavy atom. The van der Waals surface area contributed by atoms with Crippen LogP contribution in [0.5, 0.6) is 5.75 Å². The molecule has 118 valence electrons. The van der Waals surface area contributed by atoms with Crippen molar-refractivity contribution >= 4 is 38.1 Å². The van der Waals surface area contributed by atoms with Crippen LogP contribution in [0.4, 0.5) is 10.8 Å². The smallest absolute Gasteiger partial charge is 0.291 e. The Hall–Kier alpha value is -2.20. The molecule has 8 nitrogen and oxygen atoms in total. The van der Waals surface area contributed by atoms with Gasteiger partial charge in [-0.1, -0.05) is 24.3 Å². The summed E-state index contributed by atoms with van der Waals surface area (Å²) < 4.78 is 31.6. The fourth-order valence-electron chi connectivity index (χ4n) is 1.46. The summed E-state index contributed by atoms with van der Waals surface area (Å²) in [5.41, 5.74) is 0.341. The second-order valence-corrected chi connectivity index (χ2v) is 6.95. The van der Waals surface area contributed by atoms with Gasteiger partial charge in [-0.3, -0.25) is 9.52 Å². The number of carbonyl (C=O) groups is 1. The minimum atomic E-state index is -3.87. The minimum absolute atomic E-state index is 0.137. The average Bonchev–Trinajstić information content (AvgIpc) is 2.96. The topological polar surface area (TPSA) is 110 Å². The van der Waals surface area contributed by atoms with Gasteiger partial charge in [-0.25, -0.2) is 0 Å². The van der Waals surface area contributed by atoms with E-state index in [1.165, 1.54) is 7.11 Å². The lowest BCUT2D eigenvalue weighted by atomic mass is 10.3. The molecule has 2 rings (SSSR count). The molecule has 1 aromatic heterocycles. The number of amides is 1. The molecule has 0 bridgehead atoms. The van der Waals surface area contributed by atoms with Crippen molar-refractivity contribution in [3.05, 3.63) is 24.3 Å². The molecule has 0 saturated heterocycles. The van der Waals surface area contributed by atoms with Crippen molar-refractivity contribution in [3.63, 3.8) is 0 Å². The summed E-state index contributed by atoms with van der Waals surface area (Å²) in [5, 5.41) is 9.82. The van der Waals surface area contributed by atoms with E-state index in [1.807, 2.05) is 0 Å². The number of anilines is 2. The molecular weight excluding hydrogens is 328 g/mol. The van der Waals surface area contributed by atoms with Crippen molar-refractivity contribution in [2.45, 2.75) is 17.7 Å². The van der Waals surface area contributed by atoms with Gasteiger partial charge in [-0.05, 0) is 12.1 Å². The maximum Gasteiger partial charge on any atom is 0.291 e. The lowest BCUT2D eigenvalue weighted by Crippen LogP contribution is -2.12. The highest BCUT2D eigenvalue weighted by Gasteiger charge is 2.21. The molecule has 2 aromatic rings. The number of methoxy groups -OCH3 is 1. The molecule has 0 fully saturated rings. The van der Waals surface area contributed by atoms with Gasteiger partial charge in [0.15, 0.2) is 0 Å². The summed E-state index contributed by atoms with van der Waals surface area (Å²) in [6.45, 7) is 1.68. The van der Waals surface area contributed by atoms with Crippen molar-refractivity contribution < 1.29 is 17.9 Å². The van der Waals surface area contributed by atoms with Gasteiger partial charge in [-0.2, -0.15) is 8.42 Å². The predicted octanol–water partition coefficient (Wildman–Crippen LogP) is 1.70. The zero-order valence-electron chi connectivity index (χ0n) is 11.9. The third-order valence-electron chi connectivity index (χ3n) is 2.53. The van der Waals surface area contributed by atoms with Crippen molar-refractivity contribution in [2.75, 3.05) is 17.1 Å². The molecular formula is C12H14N4O4S2. The molecule has 1 heterocycles. The highest BCUT2D eigenvalue weighted by Crippen LogP contribution is 2.24. The molecule has 0 aliphatic heterocycles. The first-order valence-corrected chi connectivity index (χ1v) is 8.55. The SMILES string of the molecule is CCC(=O)Nc1nnc(S(=O)(=O)Nc2cccc(OC)c2)s1. The highest BCUT2D eigenvalue weighted by atomic mass is 32.2. The van der Waals surface area contributed by atoms with Crippen LogP contribution in [0.2, 0.25) is 0 Å². The Balaban J connectivity index is 2.18. The molecule has 0 unspecified atom stereocenters. The Labute approximate surface area is 131 Å². The maximum absolute atomic E-state index is 12.2. The lowest BCUT2D eigenvalue weighted by molar-refractivity contribution is -0.115. The Kier molecular flexibility index (Phi) is 4.93. The molecule has 22 heavy (non-hydrogen) atoms. The molecule has 0 aliphatic rings. The van der Waals surface area contributed by atoms with Gasteiger partial charge in [0.05, 0.1) is 12.8 Å². The van der Waals surface area contributed by atoms with Crippen LogP contribution in [0.1, 0.15) is 13.3 Å². The Bertz CT molecular complexity index is 773. The summed E-state index contributed by atoms with van der Waals surface area (Å²) >= 11 is 0.777. The van der Waals surface area contributed by atoms with Crippen LogP contribution in [0, 0.1) is 0 Å². The van der Waals surface area contributed by atoms with Crippen LogP contribution in [0.15, 0.2) is 28.6 Å². The molecule has 0 saturated carbocycles. The van der Waals surface area contributed by atoms with Crippen LogP contribution in [0.25, 0.3) is 0 Å². The van der Waals surface area contributed by atoms with E-state index < -0.39 is 10.0 Å². The van der Waals surface area contributed by atoms with E-state index in [9.17, 15) is 13.2 Å². The van der Waals surface area contributed by atoms with Crippen molar-refractivity contribution in [1.29, 1.82) is 0 Å². The second kappa shape index (κ2) is 6.71. The minimum Gasteiger partial charge on any atom is -0.497 e. The molecule has 1 aromatic carbocycles. The van der Waals surface area contributed by atoms with E-state index in [-0.39, 0.29) is 21.8 Å². The van der Waals surface area contributed by atoms with E-state index in [4.69, 9.17) is 4.74 Å². The Morgan fingerprint density at radius 2 is 2.14 bits per heavy atom. The third-order valence-corrected chi connectivity index (χ3v) is 5.11. The number of nitrogens with zero attached hydrogens (tertiary/aromatic N) is 2. The summed E-state index contributed by atoms with van der Waals surface area (Å²) in [6.07, 6.45) is 0.268. The predicted molar refractivity (Wildman–Crippen MR) is 82.6 cm³/mol. The van der Waals surface area contributed by atoms with Crippen LogP contribution in [0.3, 0.4) is 0 Å². The highest BCUT2D eigenvalue weighted by molar-refractivity contribution is 7.94. The van der Waals surface area contributed by atoms with Gasteiger partial charge in [0, 0.05) is 12.5 Å². The van der Waals surface area contributed by atoms with E-state index in [1.54, 1.807) is 31.2 Å². The standard InChI is InChI=1S/C12H14N4O4S2/c1-3-10(17)13-11-14-15-12(21-11)22(18,19)16-8-5-4-6-9(7-8)20-2/h4-7,16H,3H2,1-2H3,(H,13,14,17). The Morgan fingerprint density at radius 1 is 1.36 bits per heavy atom. The first-order valence-electron chi connectivity index (χ1n) is 6.25. The van der Waals surface area contributed by atoms with E-state index in [2.05, 4.69) is 20.2 Å². The molecule has 10 heteroatoms. The fourth-order valence-corrected chi connectivity index (χ4v) is 3.43. The molecule has 0 spiro atoms. The summed E-state index contributed by atoms with van der Waals surface area (Å²) in [7, 11) is -2.38. The number of benzene rings is 1. The summed E-state index contributed by atoms with van der Waals surface area (Å²) in [5.74, 6) is 0.259. The van der Waals surface area contributed by atoms with Gasteiger partial charge in [0.1, 0.15) is 5.75 Å². The number of ether oxygens (including phenoxy) is 1. The third kappa shape index (κ3) is 3.92. The summed E-state index contributed by atoms with van der Waals surface area (Å²) in [6, 6.07) is 6.48. The van der Waals surface area contributed by atoms with Crippen LogP contribution < -0.4 is 14.8 Å². The number of nitrogens with one attached hydrogen (secondary N) is 2. The van der Waals surface area contributed by atoms with E-state index in [0.717, 1.165) is 11.3 Å². The molecule has 1 amide bonds. The number of hydrogen-bond acceptors (Lipinski definition) is 7. The van der Waals surface area contributed by atoms with Crippen LogP contribution in [-0.4, -0.2) is 31.6 Å². The van der Waals surface area contributed by atoms with Crippen molar-refractivity contribution in [3.8, 4) is 5.75 Å². The zero-order chi connectivity index (χ0) is 16.2. The van der Waals surface area contributed by atoms with E-state index >= 15 is 0 Å². The molecule has 0 radical (unpaired) electrons. The fraction of sp³-hybridized carbons (Fsp3) is 0.250. The second-order valence-electron chi connectivity index (χ2n) is 4.11. The number of aromatic nitrogens is 2. The monoisotopic (exact) mass is 342 g/mol. The average molecular weight is 342 g/mol. The van der Waals surface area contributed by atoms with Crippen LogP contribution >= 0.6 is 11.3 Å². The number of carbonyl (C=O) groups excluding carboxylic acids is 1. The van der Waals surface area contributed by atoms with Gasteiger partial charge in [0.2, 0.25) is 11.0 Å². The van der Waals surface area contributed by atoms with Gasteiger partial charge in [0.25, 0.3) is 14.4 Å².